The van der Waals surface area contributed by atoms with Gasteiger partial charge in [-0.15, -0.1) is 0 Å². The van der Waals surface area contributed by atoms with Gasteiger partial charge in [0.05, 0.1) is 11.4 Å². The van der Waals surface area contributed by atoms with Crippen LogP contribution in [0.15, 0.2) is 18.2 Å². The first-order chi connectivity index (χ1) is 9.10. The van der Waals surface area contributed by atoms with E-state index in [0.717, 1.165) is 18.0 Å². The SMILES string of the molecule is CCC1CCCC(Nc2cc(C(N)=O)ccc2N)C1. The van der Waals surface area contributed by atoms with Crippen molar-refractivity contribution in [3.05, 3.63) is 23.8 Å². The average molecular weight is 261 g/mol. The van der Waals surface area contributed by atoms with Crippen LogP contribution in [0.3, 0.4) is 0 Å². The third kappa shape index (κ3) is 3.40. The Morgan fingerprint density at radius 2 is 2.21 bits per heavy atom. The Kier molecular flexibility index (Phi) is 4.30. The molecule has 1 aromatic rings. The molecule has 2 unspecified atom stereocenters. The van der Waals surface area contributed by atoms with Crippen LogP contribution in [0.4, 0.5) is 11.4 Å². The van der Waals surface area contributed by atoms with Gasteiger partial charge in [-0.1, -0.05) is 26.2 Å². The molecule has 0 aliphatic heterocycles. The normalized spacial score (nSPS) is 23.0. The van der Waals surface area contributed by atoms with Crippen molar-refractivity contribution in [2.75, 3.05) is 11.1 Å². The van der Waals surface area contributed by atoms with E-state index < -0.39 is 5.91 Å². The van der Waals surface area contributed by atoms with E-state index in [1.54, 1.807) is 18.2 Å². The van der Waals surface area contributed by atoms with Crippen LogP contribution in [0.25, 0.3) is 0 Å². The van der Waals surface area contributed by atoms with Crippen molar-refractivity contribution >= 4 is 17.3 Å². The van der Waals surface area contributed by atoms with Gasteiger partial charge in [-0.25, -0.2) is 0 Å². The average Bonchev–Trinajstić information content (AvgIpc) is 2.41. The van der Waals surface area contributed by atoms with Gasteiger partial charge in [-0.05, 0) is 37.0 Å². The first-order valence-corrected chi connectivity index (χ1v) is 7.06. The molecular weight excluding hydrogens is 238 g/mol. The first-order valence-electron chi connectivity index (χ1n) is 7.06. The van der Waals surface area contributed by atoms with Gasteiger partial charge in [0.2, 0.25) is 5.91 Å². The summed E-state index contributed by atoms with van der Waals surface area (Å²) in [5.74, 6) is 0.380. The summed E-state index contributed by atoms with van der Waals surface area (Å²) in [7, 11) is 0. The molecule has 0 saturated heterocycles. The second-order valence-electron chi connectivity index (χ2n) is 5.45. The Morgan fingerprint density at radius 3 is 2.89 bits per heavy atom. The van der Waals surface area contributed by atoms with Gasteiger partial charge in [0, 0.05) is 11.6 Å². The number of carbonyl (C=O) groups is 1. The number of nitrogen functional groups attached to an aromatic ring is 1. The van der Waals surface area contributed by atoms with Crippen molar-refractivity contribution in [1.82, 2.24) is 0 Å². The zero-order valence-electron chi connectivity index (χ0n) is 11.5. The maximum atomic E-state index is 11.2. The molecule has 1 amide bonds. The minimum atomic E-state index is -0.418. The molecule has 5 N–H and O–H groups in total. The van der Waals surface area contributed by atoms with E-state index >= 15 is 0 Å². The number of benzene rings is 1. The molecule has 0 spiro atoms. The van der Waals surface area contributed by atoms with Crippen molar-refractivity contribution in [3.63, 3.8) is 0 Å². The van der Waals surface area contributed by atoms with Gasteiger partial charge >= 0.3 is 0 Å². The van der Waals surface area contributed by atoms with Crippen LogP contribution in [0.1, 0.15) is 49.4 Å². The van der Waals surface area contributed by atoms with Gasteiger partial charge in [0.25, 0.3) is 0 Å². The van der Waals surface area contributed by atoms with E-state index in [0.29, 0.717) is 17.3 Å². The number of nitrogens with two attached hydrogens (primary N) is 2. The number of hydrogen-bond acceptors (Lipinski definition) is 3. The zero-order valence-corrected chi connectivity index (χ0v) is 11.5. The van der Waals surface area contributed by atoms with Crippen molar-refractivity contribution in [3.8, 4) is 0 Å². The molecule has 1 fully saturated rings. The summed E-state index contributed by atoms with van der Waals surface area (Å²) in [4.78, 5) is 11.2. The van der Waals surface area contributed by atoms with Gasteiger partial charge < -0.3 is 16.8 Å². The van der Waals surface area contributed by atoms with Crippen LogP contribution in [-0.4, -0.2) is 11.9 Å². The number of primary amides is 1. The standard InChI is InChI=1S/C15H23N3O/c1-2-10-4-3-5-12(8-10)18-14-9-11(15(17)19)6-7-13(14)16/h6-7,9-10,12,18H,2-5,8,16H2,1H3,(H2,17,19). The van der Waals surface area contributed by atoms with Crippen molar-refractivity contribution < 1.29 is 4.79 Å². The number of rotatable bonds is 4. The summed E-state index contributed by atoms with van der Waals surface area (Å²) < 4.78 is 0. The molecule has 1 aliphatic rings. The minimum Gasteiger partial charge on any atom is -0.397 e. The van der Waals surface area contributed by atoms with E-state index in [-0.39, 0.29) is 0 Å². The summed E-state index contributed by atoms with van der Waals surface area (Å²) in [5.41, 5.74) is 13.3. The largest absolute Gasteiger partial charge is 0.397 e. The molecule has 1 saturated carbocycles. The van der Waals surface area contributed by atoms with E-state index in [9.17, 15) is 4.79 Å². The fraction of sp³-hybridized carbons (Fsp3) is 0.533. The highest BCUT2D eigenvalue weighted by Gasteiger charge is 2.21. The molecule has 104 valence electrons. The third-order valence-corrected chi connectivity index (χ3v) is 4.06. The molecular formula is C15H23N3O. The fourth-order valence-corrected chi connectivity index (χ4v) is 2.85. The second-order valence-corrected chi connectivity index (χ2v) is 5.45. The molecule has 0 radical (unpaired) electrons. The first kappa shape index (κ1) is 13.7. The lowest BCUT2D eigenvalue weighted by molar-refractivity contribution is 0.100. The van der Waals surface area contributed by atoms with Crippen LogP contribution < -0.4 is 16.8 Å². The molecule has 0 aromatic heterocycles. The predicted molar refractivity (Wildman–Crippen MR) is 79.0 cm³/mol. The van der Waals surface area contributed by atoms with E-state index in [2.05, 4.69) is 12.2 Å². The molecule has 0 heterocycles. The Labute approximate surface area is 114 Å². The van der Waals surface area contributed by atoms with Gasteiger partial charge in [-0.2, -0.15) is 0 Å². The molecule has 1 aliphatic carbocycles. The van der Waals surface area contributed by atoms with Crippen LogP contribution in [0.5, 0.6) is 0 Å². The topological polar surface area (TPSA) is 81.1 Å². The molecule has 1 aromatic carbocycles. The van der Waals surface area contributed by atoms with Crippen molar-refractivity contribution in [2.24, 2.45) is 11.7 Å². The van der Waals surface area contributed by atoms with Crippen LogP contribution in [0, 0.1) is 5.92 Å². The number of anilines is 2. The Bertz CT molecular complexity index is 459. The summed E-state index contributed by atoms with van der Waals surface area (Å²) in [6.07, 6.45) is 6.15. The van der Waals surface area contributed by atoms with E-state index in [1.165, 1.54) is 25.7 Å². The lowest BCUT2D eigenvalue weighted by Gasteiger charge is -2.30. The third-order valence-electron chi connectivity index (χ3n) is 4.06. The second kappa shape index (κ2) is 5.95. The monoisotopic (exact) mass is 261 g/mol. The molecule has 0 bridgehead atoms. The number of amides is 1. The van der Waals surface area contributed by atoms with Crippen molar-refractivity contribution in [2.45, 2.75) is 45.1 Å². The fourth-order valence-electron chi connectivity index (χ4n) is 2.85. The Hall–Kier alpha value is -1.71. The molecule has 4 heteroatoms. The van der Waals surface area contributed by atoms with Gasteiger partial charge in [0.1, 0.15) is 0 Å². The lowest BCUT2D eigenvalue weighted by atomic mass is 9.84. The zero-order chi connectivity index (χ0) is 13.8. The molecule has 2 atom stereocenters. The summed E-state index contributed by atoms with van der Waals surface area (Å²) in [6.45, 7) is 2.25. The minimum absolute atomic E-state index is 0.418. The summed E-state index contributed by atoms with van der Waals surface area (Å²) in [5, 5.41) is 3.48. The predicted octanol–water partition coefficient (Wildman–Crippen LogP) is 2.75. The Morgan fingerprint density at radius 1 is 1.42 bits per heavy atom. The smallest absolute Gasteiger partial charge is 0.248 e. The van der Waals surface area contributed by atoms with Gasteiger partial charge in [-0.3, -0.25) is 4.79 Å². The highest BCUT2D eigenvalue weighted by atomic mass is 16.1. The summed E-state index contributed by atoms with van der Waals surface area (Å²) in [6, 6.07) is 5.61. The molecule has 2 rings (SSSR count). The highest BCUT2D eigenvalue weighted by molar-refractivity contribution is 5.94. The lowest BCUT2D eigenvalue weighted by Crippen LogP contribution is -2.27. The number of nitrogens with one attached hydrogen (secondary N) is 1. The number of carbonyl (C=O) groups excluding carboxylic acids is 1. The number of hydrogen-bond donors (Lipinski definition) is 3. The molecule has 4 nitrogen and oxygen atoms in total. The Balaban J connectivity index is 2.09. The van der Waals surface area contributed by atoms with E-state index in [1.807, 2.05) is 0 Å². The van der Waals surface area contributed by atoms with Gasteiger partial charge in [0.15, 0.2) is 0 Å². The maximum absolute atomic E-state index is 11.2. The van der Waals surface area contributed by atoms with Crippen molar-refractivity contribution in [1.29, 1.82) is 0 Å². The summed E-state index contributed by atoms with van der Waals surface area (Å²) >= 11 is 0. The quantitative estimate of drug-likeness (QED) is 0.729. The highest BCUT2D eigenvalue weighted by Crippen LogP contribution is 2.30. The van der Waals surface area contributed by atoms with Crippen LogP contribution >= 0.6 is 0 Å². The molecule has 19 heavy (non-hydrogen) atoms. The van der Waals surface area contributed by atoms with Crippen LogP contribution in [0.2, 0.25) is 0 Å². The maximum Gasteiger partial charge on any atom is 0.248 e. The van der Waals surface area contributed by atoms with E-state index in [4.69, 9.17) is 11.5 Å². The van der Waals surface area contributed by atoms with Crippen LogP contribution in [-0.2, 0) is 0 Å².